The van der Waals surface area contributed by atoms with E-state index in [1.807, 2.05) is 0 Å². The Labute approximate surface area is 140 Å². The highest BCUT2D eigenvalue weighted by atomic mass is 35.5. The van der Waals surface area contributed by atoms with Crippen LogP contribution in [-0.2, 0) is 4.74 Å². The zero-order chi connectivity index (χ0) is 14.7. The van der Waals surface area contributed by atoms with Crippen LogP contribution in [0.15, 0.2) is 30.3 Å². The first-order valence-corrected chi connectivity index (χ1v) is 8.40. The standard InChI is InChI=1S/C18H28N2O.ClH/c1-2-16-10-14(8-9-21-16)11-20-12-17(18(19)13-20)15-6-4-3-5-7-15;/h3-7,14,16-18H,2,8-13,19H2,1H3;1H/t14?,16?,17-,18+;/m0./s1. The molecule has 2 aliphatic rings. The zero-order valence-corrected chi connectivity index (χ0v) is 14.3. The second kappa shape index (κ2) is 8.30. The van der Waals surface area contributed by atoms with Gasteiger partial charge in [0.15, 0.2) is 0 Å². The van der Waals surface area contributed by atoms with Crippen molar-refractivity contribution in [1.29, 1.82) is 0 Å². The molecule has 2 heterocycles. The fourth-order valence-electron chi connectivity index (χ4n) is 3.89. The van der Waals surface area contributed by atoms with E-state index in [-0.39, 0.29) is 18.4 Å². The predicted molar refractivity (Wildman–Crippen MR) is 93.6 cm³/mol. The summed E-state index contributed by atoms with van der Waals surface area (Å²) in [6.07, 6.45) is 4.05. The van der Waals surface area contributed by atoms with Crippen LogP contribution in [-0.4, -0.2) is 43.3 Å². The number of likely N-dealkylation sites (tertiary alicyclic amines) is 1. The molecule has 0 spiro atoms. The fraction of sp³-hybridized carbons (Fsp3) is 0.667. The number of halogens is 1. The minimum absolute atomic E-state index is 0. The summed E-state index contributed by atoms with van der Waals surface area (Å²) in [4.78, 5) is 2.57. The number of hydrogen-bond acceptors (Lipinski definition) is 3. The quantitative estimate of drug-likeness (QED) is 0.925. The molecule has 124 valence electrons. The fourth-order valence-corrected chi connectivity index (χ4v) is 3.89. The summed E-state index contributed by atoms with van der Waals surface area (Å²) in [5.41, 5.74) is 7.79. The smallest absolute Gasteiger partial charge is 0.0575 e. The molecule has 2 N–H and O–H groups in total. The van der Waals surface area contributed by atoms with E-state index in [1.54, 1.807) is 0 Å². The van der Waals surface area contributed by atoms with Gasteiger partial charge in [-0.2, -0.15) is 0 Å². The van der Waals surface area contributed by atoms with Crippen LogP contribution in [0.4, 0.5) is 0 Å². The van der Waals surface area contributed by atoms with Crippen molar-refractivity contribution >= 4 is 12.4 Å². The van der Waals surface area contributed by atoms with Crippen LogP contribution in [0.1, 0.15) is 37.7 Å². The summed E-state index contributed by atoms with van der Waals surface area (Å²) < 4.78 is 5.79. The summed E-state index contributed by atoms with van der Waals surface area (Å²) in [7, 11) is 0. The summed E-state index contributed by atoms with van der Waals surface area (Å²) in [5.74, 6) is 1.28. The van der Waals surface area contributed by atoms with E-state index in [0.29, 0.717) is 12.0 Å². The topological polar surface area (TPSA) is 38.5 Å². The van der Waals surface area contributed by atoms with Gasteiger partial charge in [-0.1, -0.05) is 37.3 Å². The van der Waals surface area contributed by atoms with Gasteiger partial charge in [-0.05, 0) is 30.7 Å². The molecule has 0 aliphatic carbocycles. The third kappa shape index (κ3) is 4.23. The highest BCUT2D eigenvalue weighted by molar-refractivity contribution is 5.85. The highest BCUT2D eigenvalue weighted by Gasteiger charge is 2.33. The lowest BCUT2D eigenvalue weighted by Crippen LogP contribution is -2.35. The second-order valence-corrected chi connectivity index (χ2v) is 6.69. The first-order chi connectivity index (χ1) is 10.3. The van der Waals surface area contributed by atoms with Gasteiger partial charge < -0.3 is 15.4 Å². The number of nitrogens with zero attached hydrogens (tertiary/aromatic N) is 1. The minimum Gasteiger partial charge on any atom is -0.378 e. The van der Waals surface area contributed by atoms with Crippen LogP contribution in [0.2, 0.25) is 0 Å². The molecular weight excluding hydrogens is 296 g/mol. The van der Waals surface area contributed by atoms with Gasteiger partial charge in [0.05, 0.1) is 6.10 Å². The first kappa shape index (κ1) is 17.7. The largest absolute Gasteiger partial charge is 0.378 e. The van der Waals surface area contributed by atoms with Crippen LogP contribution < -0.4 is 5.73 Å². The summed E-state index contributed by atoms with van der Waals surface area (Å²) >= 11 is 0. The molecule has 1 aromatic rings. The summed E-state index contributed by atoms with van der Waals surface area (Å²) in [5, 5.41) is 0. The summed E-state index contributed by atoms with van der Waals surface area (Å²) in [6, 6.07) is 11.0. The number of ether oxygens (including phenoxy) is 1. The molecule has 3 nitrogen and oxygen atoms in total. The molecule has 4 atom stereocenters. The average molecular weight is 325 g/mol. The van der Waals surface area contributed by atoms with E-state index in [9.17, 15) is 0 Å². The molecule has 2 unspecified atom stereocenters. The first-order valence-electron chi connectivity index (χ1n) is 8.40. The average Bonchev–Trinajstić information content (AvgIpc) is 2.89. The van der Waals surface area contributed by atoms with Crippen LogP contribution in [0.3, 0.4) is 0 Å². The van der Waals surface area contributed by atoms with Crippen molar-refractivity contribution in [2.24, 2.45) is 11.7 Å². The lowest BCUT2D eigenvalue weighted by molar-refractivity contribution is -0.0164. The van der Waals surface area contributed by atoms with E-state index in [1.165, 1.54) is 24.9 Å². The van der Waals surface area contributed by atoms with Crippen molar-refractivity contribution in [3.63, 3.8) is 0 Å². The van der Waals surface area contributed by atoms with E-state index < -0.39 is 0 Å². The van der Waals surface area contributed by atoms with Crippen molar-refractivity contribution in [2.45, 2.75) is 44.2 Å². The highest BCUT2D eigenvalue weighted by Crippen LogP contribution is 2.29. The van der Waals surface area contributed by atoms with E-state index in [2.05, 4.69) is 42.2 Å². The maximum absolute atomic E-state index is 6.39. The maximum atomic E-state index is 6.39. The molecule has 2 fully saturated rings. The number of benzene rings is 1. The van der Waals surface area contributed by atoms with Crippen molar-refractivity contribution in [1.82, 2.24) is 4.90 Å². The van der Waals surface area contributed by atoms with Crippen LogP contribution in [0, 0.1) is 5.92 Å². The molecular formula is C18H29ClN2O. The Balaban J connectivity index is 0.00000176. The maximum Gasteiger partial charge on any atom is 0.0575 e. The van der Waals surface area contributed by atoms with Crippen LogP contribution in [0.5, 0.6) is 0 Å². The van der Waals surface area contributed by atoms with Gasteiger partial charge in [-0.15, -0.1) is 12.4 Å². The van der Waals surface area contributed by atoms with Gasteiger partial charge in [0.25, 0.3) is 0 Å². The molecule has 0 aromatic heterocycles. The molecule has 3 rings (SSSR count). The van der Waals surface area contributed by atoms with Crippen molar-refractivity contribution in [3.05, 3.63) is 35.9 Å². The molecule has 2 saturated heterocycles. The molecule has 2 aliphatic heterocycles. The third-order valence-corrected chi connectivity index (χ3v) is 5.12. The van der Waals surface area contributed by atoms with E-state index in [4.69, 9.17) is 10.5 Å². The van der Waals surface area contributed by atoms with Crippen LogP contribution >= 0.6 is 12.4 Å². The molecule has 22 heavy (non-hydrogen) atoms. The molecule has 0 bridgehead atoms. The Morgan fingerprint density at radius 2 is 2.00 bits per heavy atom. The monoisotopic (exact) mass is 324 g/mol. The van der Waals surface area contributed by atoms with E-state index in [0.717, 1.165) is 32.0 Å². The number of rotatable bonds is 4. The normalized spacial score (nSPS) is 32.6. The van der Waals surface area contributed by atoms with E-state index >= 15 is 0 Å². The van der Waals surface area contributed by atoms with Gasteiger partial charge in [0.2, 0.25) is 0 Å². The van der Waals surface area contributed by atoms with Gasteiger partial charge in [0.1, 0.15) is 0 Å². The molecule has 0 amide bonds. The number of hydrogen-bond donors (Lipinski definition) is 1. The van der Waals surface area contributed by atoms with Gasteiger partial charge in [-0.25, -0.2) is 0 Å². The SMILES string of the molecule is CCC1CC(CN2C[C@@H](N)[C@H](c3ccccc3)C2)CCO1.Cl. The summed E-state index contributed by atoms with van der Waals surface area (Å²) in [6.45, 7) is 6.50. The molecule has 4 heteroatoms. The lowest BCUT2D eigenvalue weighted by atomic mass is 9.93. The second-order valence-electron chi connectivity index (χ2n) is 6.69. The zero-order valence-electron chi connectivity index (χ0n) is 13.5. The molecule has 1 aromatic carbocycles. The van der Waals surface area contributed by atoms with Crippen molar-refractivity contribution < 1.29 is 4.74 Å². The van der Waals surface area contributed by atoms with Crippen molar-refractivity contribution in [2.75, 3.05) is 26.2 Å². The number of nitrogens with two attached hydrogens (primary N) is 1. The van der Waals surface area contributed by atoms with Crippen molar-refractivity contribution in [3.8, 4) is 0 Å². The Kier molecular flexibility index (Phi) is 6.69. The predicted octanol–water partition coefficient (Wildman–Crippen LogP) is 3.04. The van der Waals surface area contributed by atoms with Gasteiger partial charge in [0, 0.05) is 38.2 Å². The van der Waals surface area contributed by atoms with Crippen LogP contribution in [0.25, 0.3) is 0 Å². The lowest BCUT2D eigenvalue weighted by Gasteiger charge is -2.31. The Morgan fingerprint density at radius 3 is 2.73 bits per heavy atom. The Hall–Kier alpha value is -0.610. The van der Waals surface area contributed by atoms with Gasteiger partial charge >= 0.3 is 0 Å². The van der Waals surface area contributed by atoms with Gasteiger partial charge in [-0.3, -0.25) is 0 Å². The Morgan fingerprint density at radius 1 is 1.23 bits per heavy atom. The molecule has 0 saturated carbocycles. The Bertz CT molecular complexity index is 442. The third-order valence-electron chi connectivity index (χ3n) is 5.12. The minimum atomic E-state index is 0. The molecule has 0 radical (unpaired) electrons.